The second-order valence-electron chi connectivity index (χ2n) is 4.10. The fourth-order valence-corrected chi connectivity index (χ4v) is 2.77. The lowest BCUT2D eigenvalue weighted by molar-refractivity contribution is -0.128. The van der Waals surface area contributed by atoms with Gasteiger partial charge in [-0.05, 0) is 13.8 Å². The van der Waals surface area contributed by atoms with Crippen LogP contribution in [0.15, 0.2) is 6.20 Å². The average Bonchev–Trinajstić information content (AvgIpc) is 2.73. The molecule has 0 aliphatic carbocycles. The number of nitrogens with one attached hydrogen (secondary N) is 2. The number of carbonyl (C=O) groups excluding carboxylic acids is 1. The van der Waals surface area contributed by atoms with E-state index in [1.165, 1.54) is 4.88 Å². The lowest BCUT2D eigenvalue weighted by atomic mass is 10.2. The largest absolute Gasteiger partial charge is 0.362 e. The minimum absolute atomic E-state index is 0.0477. The number of nitrogens with zero attached hydrogens (tertiary/aromatic N) is 2. The molecule has 1 saturated heterocycles. The first-order valence-electron chi connectivity index (χ1n) is 5.91. The summed E-state index contributed by atoms with van der Waals surface area (Å²) >= 11 is 1.66. The summed E-state index contributed by atoms with van der Waals surface area (Å²) < 4.78 is 0. The van der Waals surface area contributed by atoms with Crippen molar-refractivity contribution < 1.29 is 4.79 Å². The molecule has 1 amide bonds. The van der Waals surface area contributed by atoms with E-state index in [1.807, 2.05) is 13.1 Å². The summed E-state index contributed by atoms with van der Waals surface area (Å²) in [5.41, 5.74) is 0. The maximum atomic E-state index is 11.5. The minimum Gasteiger partial charge on any atom is -0.362 e. The van der Waals surface area contributed by atoms with Crippen LogP contribution in [-0.4, -0.2) is 41.5 Å². The number of hydrogen-bond donors (Lipinski definition) is 2. The lowest BCUT2D eigenvalue weighted by Gasteiger charge is -2.32. The lowest BCUT2D eigenvalue weighted by Crippen LogP contribution is -2.53. The van der Waals surface area contributed by atoms with Crippen LogP contribution in [0.4, 0.5) is 5.13 Å². The molecule has 0 radical (unpaired) electrons. The van der Waals surface area contributed by atoms with Crippen molar-refractivity contribution in [3.05, 3.63) is 11.1 Å². The van der Waals surface area contributed by atoms with Gasteiger partial charge in [0.25, 0.3) is 0 Å². The van der Waals surface area contributed by atoms with E-state index in [1.54, 1.807) is 11.3 Å². The fourth-order valence-electron chi connectivity index (χ4n) is 1.86. The fraction of sp³-hybridized carbons (Fsp3) is 0.636. The van der Waals surface area contributed by atoms with Crippen LogP contribution in [0, 0.1) is 0 Å². The Balaban J connectivity index is 1.97. The minimum atomic E-state index is -0.0477. The number of aromatic nitrogens is 1. The Hall–Kier alpha value is -1.14. The zero-order valence-corrected chi connectivity index (χ0v) is 11.0. The molecule has 94 valence electrons. The highest BCUT2D eigenvalue weighted by molar-refractivity contribution is 7.15. The zero-order valence-electron chi connectivity index (χ0n) is 10.2. The van der Waals surface area contributed by atoms with E-state index >= 15 is 0 Å². The van der Waals surface area contributed by atoms with Crippen LogP contribution in [0.2, 0.25) is 0 Å². The van der Waals surface area contributed by atoms with Gasteiger partial charge in [-0.3, -0.25) is 9.69 Å². The Kier molecular flexibility index (Phi) is 3.96. The maximum absolute atomic E-state index is 11.5. The molecule has 2 heterocycles. The van der Waals surface area contributed by atoms with Crippen LogP contribution < -0.4 is 10.6 Å². The quantitative estimate of drug-likeness (QED) is 0.838. The molecular formula is C11H18N4OS. The van der Waals surface area contributed by atoms with Crippen LogP contribution >= 0.6 is 11.3 Å². The highest BCUT2D eigenvalue weighted by Crippen LogP contribution is 2.20. The van der Waals surface area contributed by atoms with Gasteiger partial charge in [-0.25, -0.2) is 4.98 Å². The van der Waals surface area contributed by atoms with Crippen molar-refractivity contribution in [1.29, 1.82) is 0 Å². The number of thiazole rings is 1. The highest BCUT2D eigenvalue weighted by atomic mass is 32.1. The first-order valence-corrected chi connectivity index (χ1v) is 6.72. The summed E-state index contributed by atoms with van der Waals surface area (Å²) in [6.45, 7) is 7.33. The SMILES string of the molecule is CCNc1ncc(CN2CCNC(=O)C2C)s1. The normalized spacial score (nSPS) is 21.3. The molecule has 17 heavy (non-hydrogen) atoms. The maximum Gasteiger partial charge on any atom is 0.237 e. The molecule has 1 atom stereocenters. The first-order chi connectivity index (χ1) is 8.20. The Bertz CT molecular complexity index is 393. The van der Waals surface area contributed by atoms with E-state index in [2.05, 4.69) is 27.4 Å². The zero-order chi connectivity index (χ0) is 12.3. The molecule has 0 bridgehead atoms. The average molecular weight is 254 g/mol. The summed E-state index contributed by atoms with van der Waals surface area (Å²) in [5, 5.41) is 7.02. The van der Waals surface area contributed by atoms with Crippen molar-refractivity contribution in [3.63, 3.8) is 0 Å². The van der Waals surface area contributed by atoms with Crippen LogP contribution in [0.1, 0.15) is 18.7 Å². The first kappa shape index (κ1) is 12.3. The van der Waals surface area contributed by atoms with E-state index in [9.17, 15) is 4.79 Å². The molecule has 1 aliphatic rings. The molecule has 2 rings (SSSR count). The molecule has 1 fully saturated rings. The van der Waals surface area contributed by atoms with Crippen LogP contribution in [0.3, 0.4) is 0 Å². The number of rotatable bonds is 4. The van der Waals surface area contributed by atoms with Gasteiger partial charge in [0.2, 0.25) is 5.91 Å². The molecule has 1 unspecified atom stereocenters. The van der Waals surface area contributed by atoms with E-state index in [0.29, 0.717) is 0 Å². The molecule has 1 aromatic heterocycles. The van der Waals surface area contributed by atoms with Crippen molar-refractivity contribution in [2.45, 2.75) is 26.4 Å². The predicted octanol–water partition coefficient (Wildman–Crippen LogP) is 0.895. The summed E-state index contributed by atoms with van der Waals surface area (Å²) in [6, 6.07) is -0.0477. The monoisotopic (exact) mass is 254 g/mol. The third-order valence-corrected chi connectivity index (χ3v) is 3.81. The standard InChI is InChI=1S/C11H18N4OS/c1-3-12-11-14-6-9(17-11)7-15-5-4-13-10(16)8(15)2/h6,8H,3-5,7H2,1-2H3,(H,12,14)(H,13,16). The molecular weight excluding hydrogens is 236 g/mol. The number of piperazine rings is 1. The van der Waals surface area contributed by atoms with E-state index < -0.39 is 0 Å². The molecule has 1 aliphatic heterocycles. The van der Waals surface area contributed by atoms with Crippen molar-refractivity contribution in [1.82, 2.24) is 15.2 Å². The van der Waals surface area contributed by atoms with Gasteiger partial charge < -0.3 is 10.6 Å². The van der Waals surface area contributed by atoms with E-state index in [0.717, 1.165) is 31.3 Å². The van der Waals surface area contributed by atoms with Gasteiger partial charge in [0.15, 0.2) is 5.13 Å². The summed E-state index contributed by atoms with van der Waals surface area (Å²) in [5.74, 6) is 0.118. The van der Waals surface area contributed by atoms with Crippen molar-refractivity contribution in [3.8, 4) is 0 Å². The van der Waals surface area contributed by atoms with Gasteiger partial charge in [-0.15, -0.1) is 11.3 Å². The van der Waals surface area contributed by atoms with Gasteiger partial charge in [0.1, 0.15) is 0 Å². The third kappa shape index (κ3) is 2.95. The second kappa shape index (κ2) is 5.46. The van der Waals surface area contributed by atoms with Crippen molar-refractivity contribution >= 4 is 22.4 Å². The number of carbonyl (C=O) groups is 1. The van der Waals surface area contributed by atoms with Gasteiger partial charge in [0.05, 0.1) is 6.04 Å². The Morgan fingerprint density at radius 2 is 2.53 bits per heavy atom. The van der Waals surface area contributed by atoms with E-state index in [-0.39, 0.29) is 11.9 Å². The van der Waals surface area contributed by atoms with Crippen LogP contribution in [0.25, 0.3) is 0 Å². The summed E-state index contributed by atoms with van der Waals surface area (Å²) in [4.78, 5) is 19.2. The Morgan fingerprint density at radius 3 is 3.29 bits per heavy atom. The van der Waals surface area contributed by atoms with Crippen LogP contribution in [-0.2, 0) is 11.3 Å². The summed E-state index contributed by atoms with van der Waals surface area (Å²) in [7, 11) is 0. The van der Waals surface area contributed by atoms with Gasteiger partial charge >= 0.3 is 0 Å². The number of amides is 1. The molecule has 2 N–H and O–H groups in total. The molecule has 0 spiro atoms. The van der Waals surface area contributed by atoms with E-state index in [4.69, 9.17) is 0 Å². The van der Waals surface area contributed by atoms with Crippen molar-refractivity contribution in [2.24, 2.45) is 0 Å². The molecule has 5 nitrogen and oxygen atoms in total. The molecule has 0 saturated carbocycles. The topological polar surface area (TPSA) is 57.3 Å². The molecule has 6 heteroatoms. The Labute approximate surface area is 105 Å². The summed E-state index contributed by atoms with van der Waals surface area (Å²) in [6.07, 6.45) is 1.89. The van der Waals surface area contributed by atoms with Crippen molar-refractivity contribution in [2.75, 3.05) is 25.0 Å². The number of hydrogen-bond acceptors (Lipinski definition) is 5. The van der Waals surface area contributed by atoms with Gasteiger partial charge in [-0.2, -0.15) is 0 Å². The third-order valence-electron chi connectivity index (χ3n) is 2.87. The van der Waals surface area contributed by atoms with Crippen LogP contribution in [0.5, 0.6) is 0 Å². The molecule has 0 aromatic carbocycles. The van der Waals surface area contributed by atoms with Gasteiger partial charge in [0, 0.05) is 37.3 Å². The smallest absolute Gasteiger partial charge is 0.237 e. The second-order valence-corrected chi connectivity index (χ2v) is 5.21. The highest BCUT2D eigenvalue weighted by Gasteiger charge is 2.25. The molecule has 1 aromatic rings. The predicted molar refractivity (Wildman–Crippen MR) is 69.2 cm³/mol. The number of anilines is 1. The van der Waals surface area contributed by atoms with Gasteiger partial charge in [-0.1, -0.05) is 0 Å². The Morgan fingerprint density at radius 1 is 1.71 bits per heavy atom.